The van der Waals surface area contributed by atoms with Crippen LogP contribution in [-0.2, 0) is 11.2 Å². The van der Waals surface area contributed by atoms with Gasteiger partial charge in [0.2, 0.25) is 0 Å². The van der Waals surface area contributed by atoms with E-state index in [2.05, 4.69) is 11.4 Å². The molecule has 0 bridgehead atoms. The zero-order valence-electron chi connectivity index (χ0n) is 10.5. The molecule has 18 heavy (non-hydrogen) atoms. The van der Waals surface area contributed by atoms with Crippen molar-refractivity contribution in [3.63, 3.8) is 0 Å². The number of nitrogen functional groups attached to an aromatic ring is 1. The Hall–Kier alpha value is -1.73. The van der Waals surface area contributed by atoms with Crippen LogP contribution in [0.25, 0.3) is 0 Å². The summed E-state index contributed by atoms with van der Waals surface area (Å²) < 4.78 is 5.45. The lowest BCUT2D eigenvalue weighted by molar-refractivity contribution is 0.0595. The van der Waals surface area contributed by atoms with Gasteiger partial charge < -0.3 is 15.8 Å². The first-order valence-corrected chi connectivity index (χ1v) is 6.36. The second-order valence-corrected chi connectivity index (χ2v) is 4.71. The second-order valence-electron chi connectivity index (χ2n) is 4.71. The molecule has 1 aliphatic heterocycles. The predicted molar refractivity (Wildman–Crippen MR) is 72.2 cm³/mol. The van der Waals surface area contributed by atoms with E-state index in [0.29, 0.717) is 18.0 Å². The Morgan fingerprint density at radius 2 is 2.39 bits per heavy atom. The molecule has 1 fully saturated rings. The number of benzene rings is 1. The summed E-state index contributed by atoms with van der Waals surface area (Å²) in [6.45, 7) is 2.65. The van der Waals surface area contributed by atoms with Gasteiger partial charge in [0.15, 0.2) is 0 Å². The molecule has 0 aliphatic carbocycles. The van der Waals surface area contributed by atoms with Crippen LogP contribution in [0.1, 0.15) is 18.4 Å². The first-order valence-electron chi connectivity index (χ1n) is 6.36. The molecule has 4 heteroatoms. The van der Waals surface area contributed by atoms with Crippen LogP contribution >= 0.6 is 0 Å². The van der Waals surface area contributed by atoms with Crippen molar-refractivity contribution in [1.82, 2.24) is 0 Å². The minimum absolute atomic E-state index is 0.355. The van der Waals surface area contributed by atoms with Crippen LogP contribution in [0.5, 0.6) is 0 Å². The summed E-state index contributed by atoms with van der Waals surface area (Å²) in [4.78, 5) is 0. The highest BCUT2D eigenvalue weighted by Gasteiger charge is 2.13. The van der Waals surface area contributed by atoms with E-state index < -0.39 is 0 Å². The molecule has 0 spiro atoms. The summed E-state index contributed by atoms with van der Waals surface area (Å²) in [7, 11) is 0. The monoisotopic (exact) mass is 245 g/mol. The first kappa shape index (κ1) is 12.7. The maximum atomic E-state index is 8.73. The fourth-order valence-corrected chi connectivity index (χ4v) is 2.18. The number of anilines is 2. The van der Waals surface area contributed by atoms with Crippen molar-refractivity contribution >= 4 is 11.4 Å². The van der Waals surface area contributed by atoms with Gasteiger partial charge in [-0.1, -0.05) is 0 Å². The predicted octanol–water partition coefficient (Wildman–Crippen LogP) is 2.17. The first-order chi connectivity index (χ1) is 8.79. The molecule has 1 saturated heterocycles. The summed E-state index contributed by atoms with van der Waals surface area (Å²) in [6, 6.07) is 7.90. The molecule has 1 unspecified atom stereocenters. The number of nitrogens with zero attached hydrogens (tertiary/aromatic N) is 1. The molecule has 0 aromatic heterocycles. The third kappa shape index (κ3) is 3.38. The Morgan fingerprint density at radius 1 is 1.50 bits per heavy atom. The van der Waals surface area contributed by atoms with Crippen molar-refractivity contribution < 1.29 is 4.74 Å². The third-order valence-electron chi connectivity index (χ3n) is 3.26. The molecule has 4 nitrogen and oxygen atoms in total. The van der Waals surface area contributed by atoms with Crippen molar-refractivity contribution in [2.24, 2.45) is 5.92 Å². The minimum atomic E-state index is 0.355. The van der Waals surface area contributed by atoms with E-state index in [1.54, 1.807) is 0 Å². The van der Waals surface area contributed by atoms with Crippen molar-refractivity contribution in [3.05, 3.63) is 23.8 Å². The van der Waals surface area contributed by atoms with Crippen LogP contribution in [0.2, 0.25) is 0 Å². The van der Waals surface area contributed by atoms with Crippen molar-refractivity contribution in [2.75, 3.05) is 30.8 Å². The average molecular weight is 245 g/mol. The molecule has 1 aliphatic rings. The third-order valence-corrected chi connectivity index (χ3v) is 3.26. The van der Waals surface area contributed by atoms with Gasteiger partial charge in [-0.25, -0.2) is 0 Å². The summed E-state index contributed by atoms with van der Waals surface area (Å²) in [5, 5.41) is 12.1. The van der Waals surface area contributed by atoms with Crippen molar-refractivity contribution in [2.45, 2.75) is 19.3 Å². The number of nitriles is 1. The topological polar surface area (TPSA) is 71.1 Å². The van der Waals surface area contributed by atoms with Gasteiger partial charge in [0, 0.05) is 24.5 Å². The Bertz CT molecular complexity index is 433. The minimum Gasteiger partial charge on any atom is -0.398 e. The number of hydrogen-bond acceptors (Lipinski definition) is 4. The molecule has 2 rings (SSSR count). The summed E-state index contributed by atoms with van der Waals surface area (Å²) in [6.07, 6.45) is 2.72. The molecule has 1 aromatic rings. The zero-order valence-corrected chi connectivity index (χ0v) is 10.5. The molecule has 1 atom stereocenters. The van der Waals surface area contributed by atoms with Gasteiger partial charge in [-0.3, -0.25) is 0 Å². The number of hydrogen-bond donors (Lipinski definition) is 2. The van der Waals surface area contributed by atoms with Gasteiger partial charge >= 0.3 is 0 Å². The highest BCUT2D eigenvalue weighted by atomic mass is 16.5. The van der Waals surface area contributed by atoms with Crippen LogP contribution in [0.15, 0.2) is 18.2 Å². The van der Waals surface area contributed by atoms with Gasteiger partial charge in [0.25, 0.3) is 0 Å². The molecular weight excluding hydrogens is 226 g/mol. The lowest BCUT2D eigenvalue weighted by Crippen LogP contribution is -2.24. The van der Waals surface area contributed by atoms with E-state index in [4.69, 9.17) is 15.7 Å². The molecule has 0 radical (unpaired) electrons. The molecule has 96 valence electrons. The summed E-state index contributed by atoms with van der Waals surface area (Å²) in [5.41, 5.74) is 8.42. The highest BCUT2D eigenvalue weighted by molar-refractivity contribution is 5.58. The maximum absolute atomic E-state index is 8.73. The Labute approximate surface area is 108 Å². The molecular formula is C14H19N3O. The van der Waals surface area contributed by atoms with Crippen LogP contribution in [0, 0.1) is 17.2 Å². The van der Waals surface area contributed by atoms with Gasteiger partial charge in [0.1, 0.15) is 0 Å². The molecule has 0 saturated carbocycles. The fourth-order valence-electron chi connectivity index (χ4n) is 2.18. The van der Waals surface area contributed by atoms with E-state index in [9.17, 15) is 0 Å². The quantitative estimate of drug-likeness (QED) is 0.797. The Morgan fingerprint density at radius 3 is 3.11 bits per heavy atom. The fraction of sp³-hybridized carbons (Fsp3) is 0.500. The molecule has 1 aromatic carbocycles. The van der Waals surface area contributed by atoms with Crippen molar-refractivity contribution in [3.8, 4) is 6.07 Å². The van der Waals surface area contributed by atoms with E-state index >= 15 is 0 Å². The van der Waals surface area contributed by atoms with E-state index in [-0.39, 0.29) is 0 Å². The van der Waals surface area contributed by atoms with E-state index in [1.165, 1.54) is 6.42 Å². The van der Waals surface area contributed by atoms with Gasteiger partial charge in [0.05, 0.1) is 19.1 Å². The smallest absolute Gasteiger partial charge is 0.0670 e. The summed E-state index contributed by atoms with van der Waals surface area (Å²) >= 11 is 0. The van der Waals surface area contributed by atoms with Crippen molar-refractivity contribution in [1.29, 1.82) is 5.26 Å². The average Bonchev–Trinajstić information content (AvgIpc) is 2.41. The Balaban J connectivity index is 1.92. The SMILES string of the molecule is N#CCc1cc(NCC2CCCOC2)ccc1N. The van der Waals surface area contributed by atoms with Crippen LogP contribution in [0.3, 0.4) is 0 Å². The van der Waals surface area contributed by atoms with Gasteiger partial charge in [-0.05, 0) is 42.5 Å². The van der Waals surface area contributed by atoms with Gasteiger partial charge in [-0.15, -0.1) is 0 Å². The number of rotatable bonds is 4. The maximum Gasteiger partial charge on any atom is 0.0670 e. The Kier molecular flexibility index (Phi) is 4.43. The van der Waals surface area contributed by atoms with Crippen LogP contribution < -0.4 is 11.1 Å². The number of nitrogens with two attached hydrogens (primary N) is 1. The number of nitrogens with one attached hydrogen (secondary N) is 1. The van der Waals surface area contributed by atoms with E-state index in [1.807, 2.05) is 18.2 Å². The highest BCUT2D eigenvalue weighted by Crippen LogP contribution is 2.20. The van der Waals surface area contributed by atoms with Gasteiger partial charge in [-0.2, -0.15) is 5.26 Å². The normalized spacial score (nSPS) is 19.2. The lowest BCUT2D eigenvalue weighted by atomic mass is 10.0. The molecule has 1 heterocycles. The lowest BCUT2D eigenvalue weighted by Gasteiger charge is -2.22. The zero-order chi connectivity index (χ0) is 12.8. The second kappa shape index (κ2) is 6.27. The molecule has 3 N–H and O–H groups in total. The van der Waals surface area contributed by atoms with E-state index in [0.717, 1.165) is 37.4 Å². The number of ether oxygens (including phenoxy) is 1. The van der Waals surface area contributed by atoms with Crippen LogP contribution in [-0.4, -0.2) is 19.8 Å². The standard InChI is InChI=1S/C14H19N3O/c15-6-5-12-8-13(3-4-14(12)16)17-9-11-2-1-7-18-10-11/h3-4,8,11,17H,1-2,5,7,9-10,16H2. The summed E-state index contributed by atoms with van der Waals surface area (Å²) in [5.74, 6) is 0.579. The molecule has 0 amide bonds. The largest absolute Gasteiger partial charge is 0.398 e. The van der Waals surface area contributed by atoms with Crippen LogP contribution in [0.4, 0.5) is 11.4 Å².